The maximum atomic E-state index is 12.4. The summed E-state index contributed by atoms with van der Waals surface area (Å²) in [5.74, 6) is 1.60. The molecule has 22 heavy (non-hydrogen) atoms. The van der Waals surface area contributed by atoms with E-state index in [1.54, 1.807) is 0 Å². The number of rotatable bonds is 5. The predicted octanol–water partition coefficient (Wildman–Crippen LogP) is 3.62. The van der Waals surface area contributed by atoms with Gasteiger partial charge in [-0.05, 0) is 43.0 Å². The molecule has 1 heterocycles. The quantitative estimate of drug-likeness (QED) is 0.843. The molecule has 2 aromatic rings. The molecule has 2 aromatic carbocycles. The van der Waals surface area contributed by atoms with Gasteiger partial charge in [-0.1, -0.05) is 36.4 Å². The van der Waals surface area contributed by atoms with Crippen LogP contribution in [0.2, 0.25) is 0 Å². The van der Waals surface area contributed by atoms with Crippen LogP contribution in [0.5, 0.6) is 5.75 Å². The monoisotopic (exact) mass is 295 g/mol. The van der Waals surface area contributed by atoms with Crippen molar-refractivity contribution >= 4 is 5.91 Å². The third-order valence-corrected chi connectivity index (χ3v) is 4.13. The molecule has 3 heteroatoms. The van der Waals surface area contributed by atoms with Gasteiger partial charge in [0.2, 0.25) is 0 Å². The van der Waals surface area contributed by atoms with Crippen LogP contribution in [0.25, 0.3) is 0 Å². The molecule has 0 bridgehead atoms. The van der Waals surface area contributed by atoms with E-state index in [9.17, 15) is 4.79 Å². The average molecular weight is 295 g/mol. The van der Waals surface area contributed by atoms with Gasteiger partial charge in [-0.2, -0.15) is 0 Å². The smallest absolute Gasteiger partial charge is 0.253 e. The van der Waals surface area contributed by atoms with Crippen LogP contribution < -0.4 is 4.74 Å². The molecule has 114 valence electrons. The molecule has 1 fully saturated rings. The van der Waals surface area contributed by atoms with Crippen molar-refractivity contribution < 1.29 is 9.53 Å². The fourth-order valence-electron chi connectivity index (χ4n) is 2.88. The Morgan fingerprint density at radius 3 is 2.45 bits per heavy atom. The van der Waals surface area contributed by atoms with Crippen molar-refractivity contribution in [1.29, 1.82) is 0 Å². The highest BCUT2D eigenvalue weighted by Crippen LogP contribution is 2.22. The van der Waals surface area contributed by atoms with Crippen molar-refractivity contribution in [2.24, 2.45) is 5.92 Å². The first-order chi connectivity index (χ1) is 10.8. The van der Waals surface area contributed by atoms with E-state index in [2.05, 4.69) is 0 Å². The first-order valence-electron chi connectivity index (χ1n) is 7.85. The first kappa shape index (κ1) is 14.6. The summed E-state index contributed by atoms with van der Waals surface area (Å²) in [6.07, 6.45) is 2.06. The van der Waals surface area contributed by atoms with Gasteiger partial charge in [0.15, 0.2) is 0 Å². The molecule has 3 nitrogen and oxygen atoms in total. The molecule has 1 aliphatic heterocycles. The van der Waals surface area contributed by atoms with Crippen LogP contribution in [0, 0.1) is 5.92 Å². The highest BCUT2D eigenvalue weighted by molar-refractivity contribution is 5.94. The van der Waals surface area contributed by atoms with Crippen LogP contribution >= 0.6 is 0 Å². The lowest BCUT2D eigenvalue weighted by Gasteiger charge is -2.16. The second-order valence-electron chi connectivity index (χ2n) is 5.72. The molecule has 1 aliphatic rings. The van der Waals surface area contributed by atoms with Gasteiger partial charge in [0, 0.05) is 18.7 Å². The molecule has 0 saturated carbocycles. The number of hydrogen-bond donors (Lipinski definition) is 0. The number of para-hydroxylation sites is 1. The lowest BCUT2D eigenvalue weighted by atomic mass is 10.1. The van der Waals surface area contributed by atoms with Crippen LogP contribution in [0.3, 0.4) is 0 Å². The first-order valence-corrected chi connectivity index (χ1v) is 7.85. The number of likely N-dealkylation sites (tertiary alicyclic amines) is 1. The molecular formula is C19H21NO2. The standard InChI is InChI=1S/C19H21NO2/c21-19(17-7-3-1-4-8-17)20-13-11-16(15-20)12-14-22-18-9-5-2-6-10-18/h1-10,16H,11-15H2. The summed E-state index contributed by atoms with van der Waals surface area (Å²) in [6.45, 7) is 2.40. The average Bonchev–Trinajstić information content (AvgIpc) is 3.05. The Balaban J connectivity index is 1.45. The summed E-state index contributed by atoms with van der Waals surface area (Å²) in [5.41, 5.74) is 0.781. The highest BCUT2D eigenvalue weighted by atomic mass is 16.5. The summed E-state index contributed by atoms with van der Waals surface area (Å²) in [4.78, 5) is 14.3. The van der Waals surface area contributed by atoms with Gasteiger partial charge in [0.1, 0.15) is 5.75 Å². The van der Waals surface area contributed by atoms with Gasteiger partial charge in [-0.15, -0.1) is 0 Å². The van der Waals surface area contributed by atoms with E-state index in [4.69, 9.17) is 4.74 Å². The van der Waals surface area contributed by atoms with E-state index in [0.717, 1.165) is 37.2 Å². The van der Waals surface area contributed by atoms with Gasteiger partial charge in [0.05, 0.1) is 6.61 Å². The van der Waals surface area contributed by atoms with Crippen molar-refractivity contribution in [2.75, 3.05) is 19.7 Å². The SMILES string of the molecule is O=C(c1ccccc1)N1CCC(CCOc2ccccc2)C1. The number of nitrogens with zero attached hydrogens (tertiary/aromatic N) is 1. The van der Waals surface area contributed by atoms with Crippen LogP contribution in [-0.4, -0.2) is 30.5 Å². The maximum Gasteiger partial charge on any atom is 0.253 e. The molecule has 1 unspecified atom stereocenters. The normalized spacial score (nSPS) is 17.5. The van der Waals surface area contributed by atoms with Crippen molar-refractivity contribution in [3.8, 4) is 5.75 Å². The molecule has 1 amide bonds. The molecule has 1 saturated heterocycles. The Morgan fingerprint density at radius 1 is 1.05 bits per heavy atom. The van der Waals surface area contributed by atoms with Gasteiger partial charge >= 0.3 is 0 Å². The van der Waals surface area contributed by atoms with E-state index in [1.165, 1.54) is 0 Å². The molecule has 0 spiro atoms. The molecule has 0 N–H and O–H groups in total. The minimum Gasteiger partial charge on any atom is -0.494 e. The number of ether oxygens (including phenoxy) is 1. The molecule has 1 atom stereocenters. The Bertz CT molecular complexity index is 597. The van der Waals surface area contributed by atoms with E-state index in [1.807, 2.05) is 65.6 Å². The number of carbonyl (C=O) groups is 1. The predicted molar refractivity (Wildman–Crippen MR) is 87.0 cm³/mol. The summed E-state index contributed by atoms with van der Waals surface area (Å²) in [5, 5.41) is 0. The Kier molecular flexibility index (Phi) is 4.74. The Morgan fingerprint density at radius 2 is 1.73 bits per heavy atom. The van der Waals surface area contributed by atoms with Crippen LogP contribution in [0.1, 0.15) is 23.2 Å². The minimum atomic E-state index is 0.145. The summed E-state index contributed by atoms with van der Waals surface area (Å²) < 4.78 is 5.74. The van der Waals surface area contributed by atoms with Crippen molar-refractivity contribution in [1.82, 2.24) is 4.90 Å². The fraction of sp³-hybridized carbons (Fsp3) is 0.316. The van der Waals surface area contributed by atoms with Crippen LogP contribution in [0.4, 0.5) is 0 Å². The van der Waals surface area contributed by atoms with Crippen molar-refractivity contribution in [3.05, 3.63) is 66.2 Å². The fourth-order valence-corrected chi connectivity index (χ4v) is 2.88. The third-order valence-electron chi connectivity index (χ3n) is 4.13. The maximum absolute atomic E-state index is 12.4. The summed E-state index contributed by atoms with van der Waals surface area (Å²) in [7, 11) is 0. The topological polar surface area (TPSA) is 29.5 Å². The highest BCUT2D eigenvalue weighted by Gasteiger charge is 2.26. The van der Waals surface area contributed by atoms with E-state index < -0.39 is 0 Å². The van der Waals surface area contributed by atoms with Gasteiger partial charge in [-0.25, -0.2) is 0 Å². The zero-order valence-electron chi connectivity index (χ0n) is 12.7. The number of hydrogen-bond acceptors (Lipinski definition) is 2. The second-order valence-corrected chi connectivity index (χ2v) is 5.72. The third kappa shape index (κ3) is 3.67. The van der Waals surface area contributed by atoms with Crippen LogP contribution in [0.15, 0.2) is 60.7 Å². The number of carbonyl (C=O) groups excluding carboxylic acids is 1. The number of amides is 1. The summed E-state index contributed by atoms with van der Waals surface area (Å²) in [6, 6.07) is 19.4. The van der Waals surface area contributed by atoms with Gasteiger partial charge in [0.25, 0.3) is 5.91 Å². The van der Waals surface area contributed by atoms with Gasteiger partial charge in [-0.3, -0.25) is 4.79 Å². The number of benzene rings is 2. The lowest BCUT2D eigenvalue weighted by Crippen LogP contribution is -2.28. The van der Waals surface area contributed by atoms with Crippen molar-refractivity contribution in [2.45, 2.75) is 12.8 Å². The molecule has 0 aromatic heterocycles. The Labute approximate surface area is 131 Å². The Hall–Kier alpha value is -2.29. The second kappa shape index (κ2) is 7.12. The molecular weight excluding hydrogens is 274 g/mol. The van der Waals surface area contributed by atoms with E-state index >= 15 is 0 Å². The van der Waals surface area contributed by atoms with Crippen molar-refractivity contribution in [3.63, 3.8) is 0 Å². The largest absolute Gasteiger partial charge is 0.494 e. The molecule has 3 rings (SSSR count). The minimum absolute atomic E-state index is 0.145. The van der Waals surface area contributed by atoms with Crippen LogP contribution in [-0.2, 0) is 0 Å². The zero-order chi connectivity index (χ0) is 15.2. The lowest BCUT2D eigenvalue weighted by molar-refractivity contribution is 0.0785. The van der Waals surface area contributed by atoms with E-state index in [-0.39, 0.29) is 5.91 Å². The summed E-state index contributed by atoms with van der Waals surface area (Å²) >= 11 is 0. The van der Waals surface area contributed by atoms with Gasteiger partial charge < -0.3 is 9.64 Å². The zero-order valence-corrected chi connectivity index (χ0v) is 12.7. The molecule has 0 aliphatic carbocycles. The van der Waals surface area contributed by atoms with E-state index in [0.29, 0.717) is 12.5 Å². The molecule has 0 radical (unpaired) electrons.